The SMILES string of the molecule is CNC(=O)NCC1CCN1. The number of nitrogens with one attached hydrogen (secondary N) is 3. The van der Waals surface area contributed by atoms with Crippen LogP contribution in [0.25, 0.3) is 0 Å². The quantitative estimate of drug-likeness (QED) is 0.477. The molecule has 1 aliphatic rings. The van der Waals surface area contributed by atoms with Crippen molar-refractivity contribution < 1.29 is 4.79 Å². The zero-order chi connectivity index (χ0) is 7.40. The van der Waals surface area contributed by atoms with Gasteiger partial charge in [0.1, 0.15) is 0 Å². The Morgan fingerprint density at radius 3 is 2.90 bits per heavy atom. The van der Waals surface area contributed by atoms with Crippen molar-refractivity contribution >= 4 is 6.03 Å². The van der Waals surface area contributed by atoms with Gasteiger partial charge in [0.05, 0.1) is 0 Å². The van der Waals surface area contributed by atoms with Crippen molar-refractivity contribution in [1.29, 1.82) is 0 Å². The Bertz CT molecular complexity index is 122. The molecule has 1 saturated heterocycles. The molecule has 0 bridgehead atoms. The predicted molar refractivity (Wildman–Crippen MR) is 38.9 cm³/mol. The molecule has 4 nitrogen and oxygen atoms in total. The van der Waals surface area contributed by atoms with Crippen LogP contribution in [0.2, 0.25) is 0 Å². The first-order valence-electron chi connectivity index (χ1n) is 3.52. The fourth-order valence-electron chi connectivity index (χ4n) is 0.827. The van der Waals surface area contributed by atoms with Crippen molar-refractivity contribution in [2.45, 2.75) is 12.5 Å². The van der Waals surface area contributed by atoms with E-state index in [-0.39, 0.29) is 6.03 Å². The summed E-state index contributed by atoms with van der Waals surface area (Å²) in [4.78, 5) is 10.6. The highest BCUT2D eigenvalue weighted by atomic mass is 16.2. The maximum Gasteiger partial charge on any atom is 0.314 e. The Hall–Kier alpha value is -0.770. The third kappa shape index (κ3) is 1.88. The molecule has 10 heavy (non-hydrogen) atoms. The van der Waals surface area contributed by atoms with Crippen molar-refractivity contribution in [2.75, 3.05) is 20.1 Å². The van der Waals surface area contributed by atoms with Gasteiger partial charge in [0.25, 0.3) is 0 Å². The summed E-state index contributed by atoms with van der Waals surface area (Å²) in [7, 11) is 1.61. The van der Waals surface area contributed by atoms with Crippen LogP contribution in [0.1, 0.15) is 6.42 Å². The zero-order valence-electron chi connectivity index (χ0n) is 6.11. The minimum Gasteiger partial charge on any atom is -0.341 e. The first kappa shape index (κ1) is 7.34. The summed E-state index contributed by atoms with van der Waals surface area (Å²) in [6.07, 6.45) is 1.17. The van der Waals surface area contributed by atoms with E-state index in [4.69, 9.17) is 0 Å². The van der Waals surface area contributed by atoms with E-state index < -0.39 is 0 Å². The summed E-state index contributed by atoms with van der Waals surface area (Å²) >= 11 is 0. The van der Waals surface area contributed by atoms with E-state index in [1.165, 1.54) is 6.42 Å². The summed E-state index contributed by atoms with van der Waals surface area (Å²) in [6.45, 7) is 1.82. The lowest BCUT2D eigenvalue weighted by Gasteiger charge is -2.27. The van der Waals surface area contributed by atoms with E-state index in [1.807, 2.05) is 0 Å². The highest BCUT2D eigenvalue weighted by molar-refractivity contribution is 5.73. The molecule has 0 saturated carbocycles. The average Bonchev–Trinajstić information content (AvgIpc) is 1.84. The monoisotopic (exact) mass is 143 g/mol. The van der Waals surface area contributed by atoms with E-state index >= 15 is 0 Å². The zero-order valence-corrected chi connectivity index (χ0v) is 6.11. The van der Waals surface area contributed by atoms with E-state index in [0.717, 1.165) is 13.1 Å². The Morgan fingerprint density at radius 1 is 1.80 bits per heavy atom. The Morgan fingerprint density at radius 2 is 2.50 bits per heavy atom. The lowest BCUT2D eigenvalue weighted by atomic mass is 10.1. The molecular weight excluding hydrogens is 130 g/mol. The maximum atomic E-state index is 10.6. The minimum absolute atomic E-state index is 0.103. The molecule has 1 aliphatic heterocycles. The van der Waals surface area contributed by atoms with Crippen LogP contribution in [-0.2, 0) is 0 Å². The summed E-state index contributed by atoms with van der Waals surface area (Å²) < 4.78 is 0. The predicted octanol–water partition coefficient (Wildman–Crippen LogP) is -0.723. The molecule has 0 spiro atoms. The largest absolute Gasteiger partial charge is 0.341 e. The van der Waals surface area contributed by atoms with Gasteiger partial charge >= 0.3 is 6.03 Å². The van der Waals surface area contributed by atoms with Crippen LogP contribution in [0.15, 0.2) is 0 Å². The molecule has 1 unspecified atom stereocenters. The smallest absolute Gasteiger partial charge is 0.314 e. The van der Waals surface area contributed by atoms with Crippen LogP contribution < -0.4 is 16.0 Å². The average molecular weight is 143 g/mol. The lowest BCUT2D eigenvalue weighted by Crippen LogP contribution is -2.51. The summed E-state index contributed by atoms with van der Waals surface area (Å²) in [5.74, 6) is 0. The van der Waals surface area contributed by atoms with Gasteiger partial charge in [-0.3, -0.25) is 0 Å². The molecule has 1 rings (SSSR count). The standard InChI is InChI=1S/C6H13N3O/c1-7-6(10)9-4-5-2-3-8-5/h5,8H,2-4H2,1H3,(H2,7,9,10). The fraction of sp³-hybridized carbons (Fsp3) is 0.833. The van der Waals surface area contributed by atoms with Crippen molar-refractivity contribution in [1.82, 2.24) is 16.0 Å². The fourth-order valence-corrected chi connectivity index (χ4v) is 0.827. The third-order valence-corrected chi connectivity index (χ3v) is 1.66. The van der Waals surface area contributed by atoms with Gasteiger partial charge in [-0.05, 0) is 13.0 Å². The Kier molecular flexibility index (Phi) is 2.50. The van der Waals surface area contributed by atoms with E-state index in [9.17, 15) is 4.79 Å². The van der Waals surface area contributed by atoms with Crippen LogP contribution in [0.3, 0.4) is 0 Å². The number of carbonyl (C=O) groups is 1. The molecule has 58 valence electrons. The van der Waals surface area contributed by atoms with Gasteiger partial charge in [0, 0.05) is 19.6 Å². The molecule has 0 aromatic carbocycles. The van der Waals surface area contributed by atoms with Crippen molar-refractivity contribution in [3.63, 3.8) is 0 Å². The van der Waals surface area contributed by atoms with Crippen LogP contribution in [0.5, 0.6) is 0 Å². The Balaban J connectivity index is 1.98. The second-order valence-corrected chi connectivity index (χ2v) is 2.40. The molecule has 4 heteroatoms. The molecular formula is C6H13N3O. The van der Waals surface area contributed by atoms with Crippen molar-refractivity contribution in [2.24, 2.45) is 0 Å². The summed E-state index contributed by atoms with van der Waals surface area (Å²) in [5, 5.41) is 8.39. The first-order valence-corrected chi connectivity index (χ1v) is 3.52. The van der Waals surface area contributed by atoms with Crippen LogP contribution in [0.4, 0.5) is 4.79 Å². The van der Waals surface area contributed by atoms with Gasteiger partial charge in [-0.1, -0.05) is 0 Å². The van der Waals surface area contributed by atoms with E-state index in [0.29, 0.717) is 6.04 Å². The number of hydrogen-bond acceptors (Lipinski definition) is 2. The van der Waals surface area contributed by atoms with Crippen LogP contribution in [-0.4, -0.2) is 32.2 Å². The van der Waals surface area contributed by atoms with Crippen LogP contribution in [0, 0.1) is 0 Å². The van der Waals surface area contributed by atoms with Gasteiger partial charge in [0.15, 0.2) is 0 Å². The van der Waals surface area contributed by atoms with Crippen molar-refractivity contribution in [3.8, 4) is 0 Å². The second-order valence-electron chi connectivity index (χ2n) is 2.40. The molecule has 0 aromatic rings. The van der Waals surface area contributed by atoms with Crippen LogP contribution >= 0.6 is 0 Å². The molecule has 0 radical (unpaired) electrons. The number of urea groups is 1. The molecule has 1 atom stereocenters. The van der Waals surface area contributed by atoms with E-state index in [1.54, 1.807) is 7.05 Å². The topological polar surface area (TPSA) is 53.2 Å². The summed E-state index contributed by atoms with van der Waals surface area (Å²) in [5.41, 5.74) is 0. The minimum atomic E-state index is -0.103. The molecule has 1 fully saturated rings. The van der Waals surface area contributed by atoms with Gasteiger partial charge in [-0.25, -0.2) is 4.79 Å². The summed E-state index contributed by atoms with van der Waals surface area (Å²) in [6, 6.07) is 0.394. The Labute approximate surface area is 60.4 Å². The highest BCUT2D eigenvalue weighted by Gasteiger charge is 2.15. The third-order valence-electron chi connectivity index (χ3n) is 1.66. The van der Waals surface area contributed by atoms with Gasteiger partial charge in [-0.2, -0.15) is 0 Å². The number of carbonyl (C=O) groups excluding carboxylic acids is 1. The molecule has 1 heterocycles. The number of rotatable bonds is 2. The van der Waals surface area contributed by atoms with Gasteiger partial charge in [0.2, 0.25) is 0 Å². The molecule has 0 aliphatic carbocycles. The van der Waals surface area contributed by atoms with Gasteiger partial charge in [-0.15, -0.1) is 0 Å². The first-order chi connectivity index (χ1) is 4.83. The normalized spacial score (nSPS) is 23.1. The maximum absolute atomic E-state index is 10.6. The van der Waals surface area contributed by atoms with E-state index in [2.05, 4.69) is 16.0 Å². The molecule has 3 N–H and O–H groups in total. The molecule has 0 aromatic heterocycles. The molecule has 2 amide bonds. The number of hydrogen-bond donors (Lipinski definition) is 3. The second kappa shape index (κ2) is 3.41. The van der Waals surface area contributed by atoms with Crippen molar-refractivity contribution in [3.05, 3.63) is 0 Å². The number of amides is 2. The lowest BCUT2D eigenvalue weighted by molar-refractivity contribution is 0.239. The van der Waals surface area contributed by atoms with Gasteiger partial charge < -0.3 is 16.0 Å². The highest BCUT2D eigenvalue weighted by Crippen LogP contribution is 1.98.